The first-order chi connectivity index (χ1) is 5.75. The minimum Gasteiger partial charge on any atom is -0.393 e. The lowest BCUT2D eigenvalue weighted by Crippen LogP contribution is -2.33. The molecular formula is C10H21NO. The smallest absolute Gasteiger partial charge is 0.0605 e. The Hall–Kier alpha value is -0.0800. The van der Waals surface area contributed by atoms with Gasteiger partial charge < -0.3 is 10.8 Å². The van der Waals surface area contributed by atoms with Crippen molar-refractivity contribution in [3.63, 3.8) is 0 Å². The Morgan fingerprint density at radius 3 is 2.42 bits per heavy atom. The molecule has 1 aliphatic carbocycles. The lowest BCUT2D eigenvalue weighted by molar-refractivity contribution is 0.0429. The Kier molecular flexibility index (Phi) is 4.02. The molecule has 1 fully saturated rings. The van der Waals surface area contributed by atoms with Gasteiger partial charge in [-0.1, -0.05) is 26.2 Å². The molecule has 12 heavy (non-hydrogen) atoms. The normalized spacial score (nSPS) is 25.2. The van der Waals surface area contributed by atoms with E-state index < -0.39 is 0 Å². The van der Waals surface area contributed by atoms with Crippen molar-refractivity contribution in [2.75, 3.05) is 6.54 Å². The van der Waals surface area contributed by atoms with Crippen molar-refractivity contribution in [2.45, 2.75) is 45.1 Å². The van der Waals surface area contributed by atoms with Crippen LogP contribution in [-0.2, 0) is 0 Å². The molecule has 0 amide bonds. The van der Waals surface area contributed by atoms with Crippen molar-refractivity contribution in [3.05, 3.63) is 0 Å². The van der Waals surface area contributed by atoms with Crippen molar-refractivity contribution < 1.29 is 5.11 Å². The van der Waals surface area contributed by atoms with E-state index in [1.807, 2.05) is 6.92 Å². The van der Waals surface area contributed by atoms with Crippen LogP contribution in [0.25, 0.3) is 0 Å². The first-order valence-corrected chi connectivity index (χ1v) is 5.14. The maximum atomic E-state index is 9.86. The molecule has 0 saturated heterocycles. The van der Waals surface area contributed by atoms with Crippen LogP contribution >= 0.6 is 0 Å². The summed E-state index contributed by atoms with van der Waals surface area (Å²) >= 11 is 0. The molecular weight excluding hydrogens is 150 g/mol. The summed E-state index contributed by atoms with van der Waals surface area (Å²) in [4.78, 5) is 0. The number of rotatable bonds is 3. The van der Waals surface area contributed by atoms with Crippen LogP contribution in [0.15, 0.2) is 0 Å². The highest BCUT2D eigenvalue weighted by Gasteiger charge is 2.25. The van der Waals surface area contributed by atoms with Gasteiger partial charge in [0, 0.05) is 0 Å². The molecule has 1 aliphatic rings. The molecule has 2 nitrogen and oxygen atoms in total. The summed E-state index contributed by atoms with van der Waals surface area (Å²) in [6.07, 6.45) is 6.17. The molecule has 2 atom stereocenters. The van der Waals surface area contributed by atoms with Crippen LogP contribution in [0.2, 0.25) is 0 Å². The van der Waals surface area contributed by atoms with E-state index in [1.54, 1.807) is 0 Å². The molecule has 0 radical (unpaired) electrons. The van der Waals surface area contributed by atoms with Gasteiger partial charge in [0.1, 0.15) is 0 Å². The van der Waals surface area contributed by atoms with E-state index in [0.717, 1.165) is 0 Å². The van der Waals surface area contributed by atoms with E-state index in [1.165, 1.54) is 32.1 Å². The van der Waals surface area contributed by atoms with Gasteiger partial charge in [-0.2, -0.15) is 0 Å². The largest absolute Gasteiger partial charge is 0.393 e. The van der Waals surface area contributed by atoms with E-state index in [-0.39, 0.29) is 12.0 Å². The second-order valence-corrected chi connectivity index (χ2v) is 4.10. The van der Waals surface area contributed by atoms with Crippen LogP contribution in [0.4, 0.5) is 0 Å². The summed E-state index contributed by atoms with van der Waals surface area (Å²) in [6, 6.07) is 0. The molecule has 0 heterocycles. The minimum absolute atomic E-state index is 0.157. The van der Waals surface area contributed by atoms with Gasteiger partial charge in [0.05, 0.1) is 6.10 Å². The predicted molar refractivity (Wildman–Crippen MR) is 50.8 cm³/mol. The number of aliphatic hydroxyl groups is 1. The molecule has 0 aromatic carbocycles. The van der Waals surface area contributed by atoms with Crippen LogP contribution in [0.3, 0.4) is 0 Å². The zero-order valence-electron chi connectivity index (χ0n) is 8.00. The Morgan fingerprint density at radius 1 is 1.33 bits per heavy atom. The van der Waals surface area contributed by atoms with Gasteiger partial charge in [-0.05, 0) is 31.2 Å². The summed E-state index contributed by atoms with van der Waals surface area (Å²) in [5, 5.41) is 9.86. The third-order valence-corrected chi connectivity index (χ3v) is 3.09. The quantitative estimate of drug-likeness (QED) is 0.676. The fraction of sp³-hybridized carbons (Fsp3) is 1.00. The van der Waals surface area contributed by atoms with Crippen LogP contribution in [-0.4, -0.2) is 17.8 Å². The topological polar surface area (TPSA) is 46.2 Å². The van der Waals surface area contributed by atoms with E-state index in [9.17, 15) is 5.11 Å². The molecule has 0 unspecified atom stereocenters. The Bertz CT molecular complexity index is 121. The highest BCUT2D eigenvalue weighted by Crippen LogP contribution is 2.28. The molecule has 72 valence electrons. The first kappa shape index (κ1) is 10.0. The second-order valence-electron chi connectivity index (χ2n) is 4.10. The van der Waals surface area contributed by atoms with Gasteiger partial charge in [-0.15, -0.1) is 0 Å². The average molecular weight is 171 g/mol. The Balaban J connectivity index is 2.33. The molecule has 0 aromatic heterocycles. The number of aliphatic hydroxyl groups excluding tert-OH is 1. The molecule has 3 N–H and O–H groups in total. The van der Waals surface area contributed by atoms with Crippen molar-refractivity contribution >= 4 is 0 Å². The Labute approximate surface area is 75.2 Å². The maximum absolute atomic E-state index is 9.86. The van der Waals surface area contributed by atoms with Gasteiger partial charge in [-0.25, -0.2) is 0 Å². The van der Waals surface area contributed by atoms with Crippen LogP contribution in [0.1, 0.15) is 39.0 Å². The Morgan fingerprint density at radius 2 is 1.92 bits per heavy atom. The molecule has 1 rings (SSSR count). The van der Waals surface area contributed by atoms with Gasteiger partial charge in [0.25, 0.3) is 0 Å². The highest BCUT2D eigenvalue weighted by atomic mass is 16.3. The number of hydrogen-bond acceptors (Lipinski definition) is 2. The van der Waals surface area contributed by atoms with Crippen molar-refractivity contribution in [1.29, 1.82) is 0 Å². The minimum atomic E-state index is -0.157. The summed E-state index contributed by atoms with van der Waals surface area (Å²) < 4.78 is 0. The summed E-state index contributed by atoms with van der Waals surface area (Å²) in [7, 11) is 0. The fourth-order valence-electron chi connectivity index (χ4n) is 2.08. The monoisotopic (exact) mass is 171 g/mol. The molecule has 0 spiro atoms. The number of nitrogens with two attached hydrogens (primary N) is 1. The average Bonchev–Trinajstić information content (AvgIpc) is 2.17. The van der Waals surface area contributed by atoms with Gasteiger partial charge in [0.2, 0.25) is 0 Å². The van der Waals surface area contributed by atoms with Crippen molar-refractivity contribution in [1.82, 2.24) is 0 Å². The van der Waals surface area contributed by atoms with Crippen molar-refractivity contribution in [2.24, 2.45) is 17.6 Å². The third-order valence-electron chi connectivity index (χ3n) is 3.09. The first-order valence-electron chi connectivity index (χ1n) is 5.14. The third kappa shape index (κ3) is 2.46. The second kappa shape index (κ2) is 4.83. The summed E-state index contributed by atoms with van der Waals surface area (Å²) in [6.45, 7) is 2.65. The zero-order chi connectivity index (χ0) is 8.97. The predicted octanol–water partition coefficient (Wildman–Crippen LogP) is 1.52. The van der Waals surface area contributed by atoms with Crippen molar-refractivity contribution in [3.8, 4) is 0 Å². The van der Waals surface area contributed by atoms with E-state index in [2.05, 4.69) is 0 Å². The molecule has 0 aromatic rings. The van der Waals surface area contributed by atoms with Gasteiger partial charge in [0.15, 0.2) is 0 Å². The zero-order valence-corrected chi connectivity index (χ0v) is 8.00. The SMILES string of the molecule is C[C@H](CN)[C@@H](O)C1CCCCC1. The highest BCUT2D eigenvalue weighted by molar-refractivity contribution is 4.77. The standard InChI is InChI=1S/C10H21NO/c1-8(7-11)10(12)9-5-3-2-4-6-9/h8-10,12H,2-7,11H2,1H3/t8-,10-/m1/s1. The molecule has 0 bridgehead atoms. The lowest BCUT2D eigenvalue weighted by atomic mass is 9.81. The van der Waals surface area contributed by atoms with Crippen LogP contribution < -0.4 is 5.73 Å². The lowest BCUT2D eigenvalue weighted by Gasteiger charge is -2.29. The van der Waals surface area contributed by atoms with E-state index in [4.69, 9.17) is 5.73 Å². The molecule has 2 heteroatoms. The van der Waals surface area contributed by atoms with Gasteiger partial charge in [-0.3, -0.25) is 0 Å². The van der Waals surface area contributed by atoms with E-state index >= 15 is 0 Å². The van der Waals surface area contributed by atoms with Gasteiger partial charge >= 0.3 is 0 Å². The molecule has 1 saturated carbocycles. The summed E-state index contributed by atoms with van der Waals surface area (Å²) in [5.74, 6) is 0.797. The van der Waals surface area contributed by atoms with Crippen LogP contribution in [0, 0.1) is 11.8 Å². The fourth-order valence-corrected chi connectivity index (χ4v) is 2.08. The van der Waals surface area contributed by atoms with Crippen LogP contribution in [0.5, 0.6) is 0 Å². The molecule has 0 aliphatic heterocycles. The maximum Gasteiger partial charge on any atom is 0.0605 e. The number of hydrogen-bond donors (Lipinski definition) is 2. The van der Waals surface area contributed by atoms with E-state index in [0.29, 0.717) is 12.5 Å². The summed E-state index contributed by atoms with van der Waals surface area (Å²) in [5.41, 5.74) is 5.52.